The van der Waals surface area contributed by atoms with E-state index < -0.39 is 0 Å². The number of hydrogen-bond donors (Lipinski definition) is 1. The maximum Gasteiger partial charge on any atom is 0.186 e. The van der Waals surface area contributed by atoms with Crippen LogP contribution in [0.5, 0.6) is 5.75 Å². The van der Waals surface area contributed by atoms with Crippen molar-refractivity contribution in [2.24, 2.45) is 5.11 Å². The van der Waals surface area contributed by atoms with Crippen LogP contribution in [0.1, 0.15) is 85.0 Å². The number of nitrogens with zero attached hydrogens (tertiary/aromatic N) is 3. The van der Waals surface area contributed by atoms with E-state index in [1.165, 1.54) is 25.7 Å². The predicted molar refractivity (Wildman–Crippen MR) is 130 cm³/mol. The molecule has 0 radical (unpaired) electrons. The van der Waals surface area contributed by atoms with Crippen molar-refractivity contribution in [1.29, 1.82) is 5.53 Å². The van der Waals surface area contributed by atoms with Crippen LogP contribution >= 0.6 is 22.9 Å². The smallest absolute Gasteiger partial charge is 0.186 e. The van der Waals surface area contributed by atoms with Crippen molar-refractivity contribution in [3.05, 3.63) is 11.1 Å². The molecular formula is C23H37ClN4OS. The molecule has 2 aromatic rings. The summed E-state index contributed by atoms with van der Waals surface area (Å²) in [5.41, 5.74) is 8.85. The van der Waals surface area contributed by atoms with Crippen molar-refractivity contribution < 1.29 is 4.74 Å². The Kier molecular flexibility index (Phi) is 11.4. The second-order valence-corrected chi connectivity index (χ2v) is 9.16. The highest BCUT2D eigenvalue weighted by atomic mass is 35.5. The number of aromatic nitrogens is 1. The number of thiazole rings is 1. The molecular weight excluding hydrogens is 416 g/mol. The number of anilines is 1. The number of benzene rings is 1. The lowest BCUT2D eigenvalue weighted by Gasteiger charge is -2.21. The molecule has 1 aromatic carbocycles. The molecule has 0 unspecified atom stereocenters. The third-order valence-corrected chi connectivity index (χ3v) is 6.88. The van der Waals surface area contributed by atoms with Crippen molar-refractivity contribution in [2.75, 3.05) is 24.6 Å². The highest BCUT2D eigenvalue weighted by molar-refractivity contribution is 7.22. The first kappa shape index (κ1) is 24.9. The number of halogens is 1. The second-order valence-electron chi connectivity index (χ2n) is 7.80. The summed E-state index contributed by atoms with van der Waals surface area (Å²) < 4.78 is 6.87. The van der Waals surface area contributed by atoms with Gasteiger partial charge < -0.3 is 9.64 Å². The quantitative estimate of drug-likeness (QED) is 0.204. The lowest BCUT2D eigenvalue weighted by Crippen LogP contribution is -2.25. The minimum Gasteiger partial charge on any atom is -0.491 e. The van der Waals surface area contributed by atoms with Crippen LogP contribution in [0.3, 0.4) is 0 Å². The summed E-state index contributed by atoms with van der Waals surface area (Å²) in [5.74, 6) is 0.571. The van der Waals surface area contributed by atoms with Crippen LogP contribution in [0.4, 0.5) is 10.8 Å². The molecule has 0 saturated heterocycles. The summed E-state index contributed by atoms with van der Waals surface area (Å²) >= 11 is 8.22. The third kappa shape index (κ3) is 7.09. The van der Waals surface area contributed by atoms with Gasteiger partial charge in [0.1, 0.15) is 5.69 Å². The van der Waals surface area contributed by atoms with Gasteiger partial charge in [0.25, 0.3) is 0 Å². The number of nitrogens with one attached hydrogen (secondary N) is 1. The number of unbranched alkanes of at least 4 members (excludes halogenated alkanes) is 7. The molecule has 2 rings (SSSR count). The molecule has 168 valence electrons. The molecule has 1 heterocycles. The zero-order valence-electron chi connectivity index (χ0n) is 18.8. The first-order valence-corrected chi connectivity index (χ1v) is 12.7. The molecule has 0 amide bonds. The largest absolute Gasteiger partial charge is 0.491 e. The van der Waals surface area contributed by atoms with E-state index in [4.69, 9.17) is 26.9 Å². The molecule has 0 atom stereocenters. The summed E-state index contributed by atoms with van der Waals surface area (Å²) in [5, 5.41) is 5.15. The fourth-order valence-electron chi connectivity index (χ4n) is 3.40. The van der Waals surface area contributed by atoms with E-state index in [-0.39, 0.29) is 0 Å². The van der Waals surface area contributed by atoms with E-state index in [9.17, 15) is 0 Å². The number of fused-ring (bicyclic) bond motifs is 1. The molecule has 0 aliphatic carbocycles. The molecule has 0 aliphatic heterocycles. The van der Waals surface area contributed by atoms with E-state index in [1.54, 1.807) is 11.3 Å². The number of rotatable bonds is 16. The van der Waals surface area contributed by atoms with Crippen LogP contribution in [-0.4, -0.2) is 24.7 Å². The Morgan fingerprint density at radius 1 is 1.00 bits per heavy atom. The Labute approximate surface area is 190 Å². The standard InChI is InChI=1S/C23H37ClN4OS/c1-4-7-10-11-12-13-16-29-19-17-18-22(20(24)21(19)27-25)30-23(26-18)28(14-8-5-2)15-9-6-3/h17,25H,4-16H2,1-3H3. The monoisotopic (exact) mass is 452 g/mol. The van der Waals surface area contributed by atoms with Gasteiger partial charge in [-0.2, -0.15) is 5.11 Å². The third-order valence-electron chi connectivity index (χ3n) is 5.25. The maximum atomic E-state index is 7.60. The van der Waals surface area contributed by atoms with Gasteiger partial charge in [0.15, 0.2) is 10.9 Å². The van der Waals surface area contributed by atoms with E-state index in [2.05, 4.69) is 30.8 Å². The molecule has 1 aromatic heterocycles. The van der Waals surface area contributed by atoms with Crippen LogP contribution in [0.15, 0.2) is 11.2 Å². The summed E-state index contributed by atoms with van der Waals surface area (Å²) in [4.78, 5) is 7.23. The van der Waals surface area contributed by atoms with Crippen molar-refractivity contribution >= 4 is 44.0 Å². The Balaban J connectivity index is 2.15. The molecule has 0 spiro atoms. The summed E-state index contributed by atoms with van der Waals surface area (Å²) in [6, 6.07) is 1.91. The molecule has 7 heteroatoms. The molecule has 30 heavy (non-hydrogen) atoms. The zero-order valence-corrected chi connectivity index (χ0v) is 20.4. The van der Waals surface area contributed by atoms with Crippen LogP contribution < -0.4 is 9.64 Å². The predicted octanol–water partition coefficient (Wildman–Crippen LogP) is 8.76. The van der Waals surface area contributed by atoms with Crippen molar-refractivity contribution in [3.8, 4) is 5.75 Å². The Morgan fingerprint density at radius 2 is 1.63 bits per heavy atom. The average Bonchev–Trinajstić information content (AvgIpc) is 3.17. The van der Waals surface area contributed by atoms with Gasteiger partial charge >= 0.3 is 0 Å². The summed E-state index contributed by atoms with van der Waals surface area (Å²) in [6.45, 7) is 9.28. The van der Waals surface area contributed by atoms with Gasteiger partial charge in [-0.25, -0.2) is 10.5 Å². The minimum atomic E-state index is 0.416. The van der Waals surface area contributed by atoms with Gasteiger partial charge in [-0.05, 0) is 19.3 Å². The van der Waals surface area contributed by atoms with Gasteiger partial charge in [-0.3, -0.25) is 0 Å². The number of hydrogen-bond acceptors (Lipinski definition) is 6. The van der Waals surface area contributed by atoms with Gasteiger partial charge in [-0.1, -0.05) is 88.7 Å². The SMILES string of the molecule is CCCCCCCCOc1cc2nc(N(CCCC)CCCC)sc2c(Cl)c1N=N. The first-order chi connectivity index (χ1) is 14.7. The molecule has 0 bridgehead atoms. The topological polar surface area (TPSA) is 61.6 Å². The lowest BCUT2D eigenvalue weighted by atomic mass is 10.1. The van der Waals surface area contributed by atoms with Crippen molar-refractivity contribution in [1.82, 2.24) is 4.98 Å². The van der Waals surface area contributed by atoms with E-state index >= 15 is 0 Å². The van der Waals surface area contributed by atoms with Crippen LogP contribution in [-0.2, 0) is 0 Å². The number of ether oxygens (including phenoxy) is 1. The summed E-state index contributed by atoms with van der Waals surface area (Å²) in [6.07, 6.45) is 11.9. The lowest BCUT2D eigenvalue weighted by molar-refractivity contribution is 0.305. The highest BCUT2D eigenvalue weighted by Crippen LogP contribution is 2.45. The van der Waals surface area contributed by atoms with Crippen molar-refractivity contribution in [3.63, 3.8) is 0 Å². The normalized spacial score (nSPS) is 11.2. The van der Waals surface area contributed by atoms with E-state index in [0.717, 1.165) is 67.0 Å². The molecule has 0 aliphatic rings. The van der Waals surface area contributed by atoms with Gasteiger partial charge in [0.05, 0.1) is 21.8 Å². The van der Waals surface area contributed by atoms with Crippen molar-refractivity contribution in [2.45, 2.75) is 85.0 Å². The second kappa shape index (κ2) is 13.8. The fraction of sp³-hybridized carbons (Fsp3) is 0.696. The highest BCUT2D eigenvalue weighted by Gasteiger charge is 2.19. The van der Waals surface area contributed by atoms with E-state index in [0.29, 0.717) is 23.1 Å². The minimum absolute atomic E-state index is 0.416. The maximum absolute atomic E-state index is 7.60. The Hall–Kier alpha value is -1.40. The van der Waals surface area contributed by atoms with Gasteiger partial charge in [-0.15, -0.1) is 0 Å². The van der Waals surface area contributed by atoms with Crippen LogP contribution in [0.25, 0.3) is 10.2 Å². The van der Waals surface area contributed by atoms with Crippen LogP contribution in [0.2, 0.25) is 5.02 Å². The fourth-order valence-corrected chi connectivity index (χ4v) is 4.78. The Bertz CT molecular complexity index is 772. The molecule has 0 saturated carbocycles. The molecule has 1 N–H and O–H groups in total. The molecule has 0 fully saturated rings. The molecule has 5 nitrogen and oxygen atoms in total. The van der Waals surface area contributed by atoms with Gasteiger partial charge in [0.2, 0.25) is 0 Å². The summed E-state index contributed by atoms with van der Waals surface area (Å²) in [7, 11) is 0. The van der Waals surface area contributed by atoms with E-state index in [1.807, 2.05) is 6.07 Å². The van der Waals surface area contributed by atoms with Crippen LogP contribution in [0, 0.1) is 5.53 Å². The van der Waals surface area contributed by atoms with Gasteiger partial charge in [0, 0.05) is 19.2 Å². The first-order valence-electron chi connectivity index (χ1n) is 11.5. The Morgan fingerprint density at radius 3 is 2.27 bits per heavy atom. The average molecular weight is 453 g/mol. The zero-order chi connectivity index (χ0) is 21.8.